The van der Waals surface area contributed by atoms with E-state index in [1.807, 2.05) is 0 Å². The van der Waals surface area contributed by atoms with Crippen molar-refractivity contribution in [1.82, 2.24) is 4.31 Å². The van der Waals surface area contributed by atoms with E-state index in [0.717, 1.165) is 19.3 Å². The highest BCUT2D eigenvalue weighted by Gasteiger charge is 2.31. The number of hydrogen-bond acceptors (Lipinski definition) is 4. The number of rotatable bonds is 5. The van der Waals surface area contributed by atoms with Crippen LogP contribution in [-0.4, -0.2) is 30.9 Å². The van der Waals surface area contributed by atoms with Crippen LogP contribution in [0.25, 0.3) is 0 Å². The normalized spacial score (nSPS) is 18.6. The topological polar surface area (TPSA) is 70.8 Å². The van der Waals surface area contributed by atoms with Crippen molar-refractivity contribution in [2.24, 2.45) is 5.92 Å². The molecule has 0 radical (unpaired) electrons. The molecule has 114 valence electrons. The van der Waals surface area contributed by atoms with Crippen LogP contribution in [0.15, 0.2) is 15.4 Å². The van der Waals surface area contributed by atoms with Crippen LogP contribution in [0, 0.1) is 12.8 Å². The van der Waals surface area contributed by atoms with Crippen LogP contribution < -0.4 is 0 Å². The molecule has 0 saturated carbocycles. The zero-order valence-electron chi connectivity index (χ0n) is 12.1. The van der Waals surface area contributed by atoms with Crippen LogP contribution >= 0.6 is 0 Å². The molecule has 1 N–H and O–H groups in total. The van der Waals surface area contributed by atoms with E-state index in [-0.39, 0.29) is 11.5 Å². The highest BCUT2D eigenvalue weighted by Crippen LogP contribution is 2.29. The number of furan rings is 1. The summed E-state index contributed by atoms with van der Waals surface area (Å²) in [6.45, 7) is 4.65. The number of sulfonamides is 1. The Morgan fingerprint density at radius 3 is 2.55 bits per heavy atom. The van der Waals surface area contributed by atoms with Crippen LogP contribution in [0.5, 0.6) is 0 Å². The van der Waals surface area contributed by atoms with E-state index in [9.17, 15) is 8.42 Å². The molecule has 1 aliphatic heterocycles. The zero-order chi connectivity index (χ0) is 14.8. The van der Waals surface area contributed by atoms with E-state index in [1.54, 1.807) is 6.92 Å². The largest absolute Gasteiger partial charge is 0.462 e. The van der Waals surface area contributed by atoms with Gasteiger partial charge >= 0.3 is 0 Å². The summed E-state index contributed by atoms with van der Waals surface area (Å²) in [6.07, 6.45) is 4.18. The predicted octanol–water partition coefficient (Wildman–Crippen LogP) is 2.28. The standard InChI is InChI=1S/C14H23NO4S/c1-3-4-12-5-7-15(8-6-12)20(17,18)14-9-13(10-16)19-11(14)2/h9,12,16H,3-8,10H2,1-2H3. The molecule has 0 aromatic carbocycles. The fraction of sp³-hybridized carbons (Fsp3) is 0.714. The first-order chi connectivity index (χ1) is 9.48. The van der Waals surface area contributed by atoms with Gasteiger partial charge in [0.1, 0.15) is 23.0 Å². The molecule has 0 spiro atoms. The molecule has 0 bridgehead atoms. The maximum absolute atomic E-state index is 12.6. The van der Waals surface area contributed by atoms with Gasteiger partial charge in [-0.2, -0.15) is 4.31 Å². The summed E-state index contributed by atoms with van der Waals surface area (Å²) in [4.78, 5) is 0.190. The SMILES string of the molecule is CCCC1CCN(S(=O)(=O)c2cc(CO)oc2C)CC1. The lowest BCUT2D eigenvalue weighted by Gasteiger charge is -2.30. The molecule has 0 unspecified atom stereocenters. The van der Waals surface area contributed by atoms with Crippen molar-refractivity contribution in [2.45, 2.75) is 51.0 Å². The highest BCUT2D eigenvalue weighted by atomic mass is 32.2. The van der Waals surface area contributed by atoms with Gasteiger partial charge in [0.15, 0.2) is 0 Å². The van der Waals surface area contributed by atoms with Gasteiger partial charge in [-0.3, -0.25) is 0 Å². The van der Waals surface area contributed by atoms with Crippen LogP contribution in [-0.2, 0) is 16.6 Å². The second-order valence-electron chi connectivity index (χ2n) is 5.43. The van der Waals surface area contributed by atoms with E-state index < -0.39 is 10.0 Å². The maximum atomic E-state index is 12.6. The van der Waals surface area contributed by atoms with Crippen molar-refractivity contribution in [2.75, 3.05) is 13.1 Å². The average Bonchev–Trinajstić information content (AvgIpc) is 2.82. The first kappa shape index (κ1) is 15.5. The number of aryl methyl sites for hydroxylation is 1. The van der Waals surface area contributed by atoms with Crippen LogP contribution in [0.4, 0.5) is 0 Å². The van der Waals surface area contributed by atoms with Gasteiger partial charge in [0.25, 0.3) is 0 Å². The molecule has 2 heterocycles. The van der Waals surface area contributed by atoms with E-state index in [1.165, 1.54) is 16.8 Å². The van der Waals surface area contributed by atoms with Gasteiger partial charge in [-0.25, -0.2) is 8.42 Å². The zero-order valence-corrected chi connectivity index (χ0v) is 12.9. The Morgan fingerprint density at radius 1 is 1.40 bits per heavy atom. The van der Waals surface area contributed by atoms with E-state index >= 15 is 0 Å². The lowest BCUT2D eigenvalue weighted by molar-refractivity contribution is 0.244. The van der Waals surface area contributed by atoms with Crippen molar-refractivity contribution in [3.05, 3.63) is 17.6 Å². The third-order valence-electron chi connectivity index (χ3n) is 3.97. The van der Waals surface area contributed by atoms with Crippen molar-refractivity contribution in [3.63, 3.8) is 0 Å². The minimum atomic E-state index is -3.49. The molecular formula is C14H23NO4S. The Kier molecular flexibility index (Phi) is 4.88. The number of piperidine rings is 1. The first-order valence-corrected chi connectivity index (χ1v) is 8.63. The van der Waals surface area contributed by atoms with Gasteiger partial charge in [0.05, 0.1) is 0 Å². The smallest absolute Gasteiger partial charge is 0.246 e. The second kappa shape index (κ2) is 6.28. The third-order valence-corrected chi connectivity index (χ3v) is 5.97. The molecule has 5 nitrogen and oxygen atoms in total. The quantitative estimate of drug-likeness (QED) is 0.905. The van der Waals surface area contributed by atoms with Gasteiger partial charge in [0.2, 0.25) is 10.0 Å². The molecule has 1 fully saturated rings. The predicted molar refractivity (Wildman–Crippen MR) is 75.8 cm³/mol. The van der Waals surface area contributed by atoms with Gasteiger partial charge in [0, 0.05) is 19.2 Å². The van der Waals surface area contributed by atoms with Crippen LogP contribution in [0.1, 0.15) is 44.1 Å². The van der Waals surface area contributed by atoms with E-state index in [4.69, 9.17) is 9.52 Å². The minimum Gasteiger partial charge on any atom is -0.462 e. The molecule has 0 atom stereocenters. The molecule has 20 heavy (non-hydrogen) atoms. The number of nitrogens with zero attached hydrogens (tertiary/aromatic N) is 1. The summed E-state index contributed by atoms with van der Waals surface area (Å²) in [5.74, 6) is 1.29. The van der Waals surface area contributed by atoms with Gasteiger partial charge in [-0.15, -0.1) is 0 Å². The summed E-state index contributed by atoms with van der Waals surface area (Å²) < 4.78 is 32.0. The fourth-order valence-electron chi connectivity index (χ4n) is 2.84. The molecule has 1 aromatic heterocycles. The van der Waals surface area contributed by atoms with E-state index in [2.05, 4.69) is 6.92 Å². The Hall–Kier alpha value is -0.850. The Morgan fingerprint density at radius 2 is 2.05 bits per heavy atom. The van der Waals surface area contributed by atoms with Crippen molar-refractivity contribution in [1.29, 1.82) is 0 Å². The fourth-order valence-corrected chi connectivity index (χ4v) is 4.50. The molecule has 0 aliphatic carbocycles. The Bertz CT molecular complexity index is 542. The minimum absolute atomic E-state index is 0.190. The molecular weight excluding hydrogens is 278 g/mol. The number of aliphatic hydroxyl groups is 1. The number of aliphatic hydroxyl groups excluding tert-OH is 1. The van der Waals surface area contributed by atoms with Crippen molar-refractivity contribution >= 4 is 10.0 Å². The van der Waals surface area contributed by atoms with E-state index in [0.29, 0.717) is 30.5 Å². The van der Waals surface area contributed by atoms with Crippen LogP contribution in [0.2, 0.25) is 0 Å². The maximum Gasteiger partial charge on any atom is 0.246 e. The molecule has 2 rings (SSSR count). The monoisotopic (exact) mass is 301 g/mol. The Balaban J connectivity index is 2.13. The van der Waals surface area contributed by atoms with Gasteiger partial charge < -0.3 is 9.52 Å². The molecule has 1 aromatic rings. The third kappa shape index (κ3) is 3.07. The summed E-state index contributed by atoms with van der Waals surface area (Å²) in [5.41, 5.74) is 0. The lowest BCUT2D eigenvalue weighted by atomic mass is 9.94. The van der Waals surface area contributed by atoms with Gasteiger partial charge in [-0.1, -0.05) is 19.8 Å². The van der Waals surface area contributed by atoms with Crippen molar-refractivity contribution < 1.29 is 17.9 Å². The summed E-state index contributed by atoms with van der Waals surface area (Å²) in [5, 5.41) is 9.04. The lowest BCUT2D eigenvalue weighted by Crippen LogP contribution is -2.38. The van der Waals surface area contributed by atoms with Gasteiger partial charge in [-0.05, 0) is 25.7 Å². The summed E-state index contributed by atoms with van der Waals surface area (Å²) in [6, 6.07) is 1.43. The first-order valence-electron chi connectivity index (χ1n) is 7.19. The highest BCUT2D eigenvalue weighted by molar-refractivity contribution is 7.89. The molecule has 0 amide bonds. The summed E-state index contributed by atoms with van der Waals surface area (Å²) in [7, 11) is -3.49. The molecule has 6 heteroatoms. The number of hydrogen-bond donors (Lipinski definition) is 1. The average molecular weight is 301 g/mol. The Labute approximate surface area is 120 Å². The molecule has 1 saturated heterocycles. The van der Waals surface area contributed by atoms with Crippen LogP contribution in [0.3, 0.4) is 0 Å². The molecule has 1 aliphatic rings. The summed E-state index contributed by atoms with van der Waals surface area (Å²) >= 11 is 0. The second-order valence-corrected chi connectivity index (χ2v) is 7.33. The van der Waals surface area contributed by atoms with Crippen molar-refractivity contribution in [3.8, 4) is 0 Å².